The number of sulfonamides is 1. The molecule has 19 heteroatoms. The van der Waals surface area contributed by atoms with E-state index < -0.39 is 42.9 Å². The van der Waals surface area contributed by atoms with Gasteiger partial charge < -0.3 is 29.8 Å². The highest BCUT2D eigenvalue weighted by Gasteiger charge is 2.51. The topological polar surface area (TPSA) is 208 Å². The highest BCUT2D eigenvalue weighted by molar-refractivity contribution is 7.90. The van der Waals surface area contributed by atoms with Crippen molar-refractivity contribution in [3.8, 4) is 17.2 Å². The molecular weight excluding hydrogens is 990 g/mol. The molecule has 4 fully saturated rings. The first-order valence-corrected chi connectivity index (χ1v) is 27.9. The van der Waals surface area contributed by atoms with E-state index in [1.165, 1.54) is 41.2 Å². The maximum Gasteiger partial charge on any atom is 0.312 e. The lowest BCUT2D eigenvalue weighted by atomic mass is 9.59. The van der Waals surface area contributed by atoms with Crippen LogP contribution in [0.25, 0.3) is 11.0 Å². The molecule has 2 aliphatic heterocycles. The number of nitrogens with zero attached hydrogens (tertiary/aromatic N) is 6. The first-order chi connectivity index (χ1) is 36.4. The molecule has 2 aliphatic carbocycles. The molecule has 4 N–H and O–H groups in total. The number of pyridine rings is 2. The van der Waals surface area contributed by atoms with Crippen LogP contribution < -0.4 is 24.4 Å². The molecule has 2 saturated carbocycles. The Labute approximate surface area is 443 Å². The molecule has 0 unspecified atom stereocenters. The number of rotatable bonds is 16. The normalized spacial score (nSPS) is 22.4. The highest BCUT2D eigenvalue weighted by Crippen LogP contribution is 2.54. The summed E-state index contributed by atoms with van der Waals surface area (Å²) in [5.41, 5.74) is 3.85. The smallest absolute Gasteiger partial charge is 0.312 e. The summed E-state index contributed by atoms with van der Waals surface area (Å²) in [7, 11) is -3.01. The van der Waals surface area contributed by atoms with Gasteiger partial charge in [0.05, 0.1) is 41.0 Å². The number of ether oxygens (including phenoxy) is 2. The number of nitro groups is 1. The predicted octanol–water partition coefficient (Wildman–Crippen LogP) is 10.1. The fourth-order valence-electron chi connectivity index (χ4n) is 12.0. The molecule has 2 saturated heterocycles. The summed E-state index contributed by atoms with van der Waals surface area (Å²) in [4.78, 5) is 43.8. The summed E-state index contributed by atoms with van der Waals surface area (Å²) >= 11 is 0. The van der Waals surface area contributed by atoms with E-state index in [4.69, 9.17) is 9.47 Å². The van der Waals surface area contributed by atoms with Gasteiger partial charge >= 0.3 is 5.69 Å². The number of aromatic amines is 1. The number of amides is 1. The molecule has 3 aromatic heterocycles. The van der Waals surface area contributed by atoms with Gasteiger partial charge in [-0.2, -0.15) is 0 Å². The van der Waals surface area contributed by atoms with Gasteiger partial charge in [-0.15, -0.1) is 0 Å². The number of anilines is 2. The molecule has 76 heavy (non-hydrogen) atoms. The van der Waals surface area contributed by atoms with Gasteiger partial charge in [-0.1, -0.05) is 50.2 Å². The van der Waals surface area contributed by atoms with Crippen LogP contribution >= 0.6 is 0 Å². The van der Waals surface area contributed by atoms with E-state index in [0.29, 0.717) is 55.9 Å². The minimum Gasteiger partial charge on any atom is -0.497 e. The van der Waals surface area contributed by atoms with Crippen LogP contribution in [0, 0.1) is 27.3 Å². The van der Waals surface area contributed by atoms with Gasteiger partial charge in [0.25, 0.3) is 15.9 Å². The number of piperidine rings is 1. The number of nitrogens with one attached hydrogen (secondary N) is 3. The van der Waals surface area contributed by atoms with Crippen molar-refractivity contribution in [1.29, 1.82) is 0 Å². The summed E-state index contributed by atoms with van der Waals surface area (Å²) in [6.07, 6.45) is 10.3. The molecule has 1 amide bonds. The lowest BCUT2D eigenvalue weighted by molar-refractivity contribution is -0.384. The maximum absolute atomic E-state index is 14.7. The largest absolute Gasteiger partial charge is 0.497 e. The van der Waals surface area contributed by atoms with Crippen molar-refractivity contribution in [3.05, 3.63) is 136 Å². The SMILES string of the molecule is COc1ccc(CN2C[C@@H](c3ccccc3C(C)C)N(C3CC4(CCN(c5ccc(C(=O)NS(=O)(=O)c6cnc(NCC7CCC(C)(O)CC7)c([N+](=O)[O-])c6)c(Oc6cnc7[nH]cc(F)c7c6)c5)CC4)C3)C[C@H]2C)cc1. The van der Waals surface area contributed by atoms with E-state index >= 15 is 0 Å². The van der Waals surface area contributed by atoms with Crippen LogP contribution in [0.15, 0.2) is 102 Å². The second-order valence-corrected chi connectivity index (χ2v) is 23.9. The molecule has 10 rings (SSSR count). The fourth-order valence-corrected chi connectivity index (χ4v) is 13.0. The summed E-state index contributed by atoms with van der Waals surface area (Å²) < 4.78 is 56.2. The zero-order valence-electron chi connectivity index (χ0n) is 43.8. The van der Waals surface area contributed by atoms with Gasteiger partial charge in [0.15, 0.2) is 0 Å². The minimum absolute atomic E-state index is 0.00661. The van der Waals surface area contributed by atoms with Crippen molar-refractivity contribution in [3.63, 3.8) is 0 Å². The van der Waals surface area contributed by atoms with Crippen molar-refractivity contribution >= 4 is 44.2 Å². The molecular formula is C57H68FN9O8S. The van der Waals surface area contributed by atoms with Crippen LogP contribution in [-0.2, 0) is 16.6 Å². The standard InChI is InChI=1S/C57H68FN9O8S/c1-36(2)45-8-6-7-9-46(45)51-35-65(34-39-10-13-42(74-5)14-11-39)37(3)33-66(51)41-27-57(28-41)20-22-64(23-21-57)40-12-15-47(52(24-40)75-43-25-48-49(58)32-62-53(48)60-30-43)55(68)63-76(72,73)44-26-50(67(70)71)54(61-31-44)59-29-38-16-18-56(4,69)19-17-38/h6-15,24-26,30-32,36-38,41,51,69H,16-23,27-29,33-35H2,1-5H3,(H,59,61)(H,60,62)(H,63,68)/t37-,38?,51+,56?/m1/s1. The van der Waals surface area contributed by atoms with Gasteiger partial charge in [-0.3, -0.25) is 24.7 Å². The molecule has 17 nitrogen and oxygen atoms in total. The highest BCUT2D eigenvalue weighted by atomic mass is 32.2. The van der Waals surface area contributed by atoms with Gasteiger partial charge in [0.2, 0.25) is 5.82 Å². The number of aromatic nitrogens is 3. The molecule has 402 valence electrons. The second kappa shape index (κ2) is 21.4. The number of methoxy groups -OCH3 is 1. The fraction of sp³-hybridized carbons (Fsp3) is 0.456. The number of H-pyrrole nitrogens is 1. The minimum atomic E-state index is -4.71. The number of hydrogen-bond donors (Lipinski definition) is 4. The number of fused-ring (bicyclic) bond motifs is 1. The first kappa shape index (κ1) is 52.8. The van der Waals surface area contributed by atoms with Gasteiger partial charge in [-0.25, -0.2) is 27.5 Å². The van der Waals surface area contributed by atoms with Gasteiger partial charge in [0, 0.05) is 81.4 Å². The Morgan fingerprint density at radius 3 is 2.42 bits per heavy atom. The number of carbonyl (C=O) groups excluding carboxylic acids is 1. The summed E-state index contributed by atoms with van der Waals surface area (Å²) in [6.45, 7) is 13.3. The maximum atomic E-state index is 14.7. The zero-order valence-corrected chi connectivity index (χ0v) is 44.6. The number of halogens is 1. The third-order valence-corrected chi connectivity index (χ3v) is 17.9. The van der Waals surface area contributed by atoms with E-state index in [9.17, 15) is 32.8 Å². The summed E-state index contributed by atoms with van der Waals surface area (Å²) in [5, 5.41) is 25.7. The van der Waals surface area contributed by atoms with Gasteiger partial charge in [0.1, 0.15) is 33.6 Å². The van der Waals surface area contributed by atoms with Crippen LogP contribution in [0.3, 0.4) is 0 Å². The first-order valence-electron chi connectivity index (χ1n) is 26.5. The second-order valence-electron chi connectivity index (χ2n) is 22.2. The Bertz CT molecular complexity index is 3200. The molecule has 4 aliphatic rings. The van der Waals surface area contributed by atoms with E-state index in [1.54, 1.807) is 26.2 Å². The monoisotopic (exact) mass is 1060 g/mol. The Kier molecular flexibility index (Phi) is 14.9. The van der Waals surface area contributed by atoms with E-state index in [1.807, 2.05) is 12.1 Å². The van der Waals surface area contributed by atoms with Crippen LogP contribution in [0.4, 0.5) is 21.6 Å². The molecule has 0 bridgehead atoms. The molecule has 2 atom stereocenters. The Hall–Kier alpha value is -6.67. The van der Waals surface area contributed by atoms with Crippen LogP contribution in [0.2, 0.25) is 0 Å². The van der Waals surface area contributed by atoms with Crippen molar-refractivity contribution in [2.45, 2.75) is 120 Å². The van der Waals surface area contributed by atoms with Crippen LogP contribution in [-0.4, -0.2) is 107 Å². The van der Waals surface area contributed by atoms with E-state index in [0.717, 1.165) is 82.1 Å². The molecule has 0 radical (unpaired) electrons. The summed E-state index contributed by atoms with van der Waals surface area (Å²) in [5.74, 6) is -0.195. The van der Waals surface area contributed by atoms with E-state index in [2.05, 4.69) is 96.9 Å². The van der Waals surface area contributed by atoms with Crippen LogP contribution in [0.1, 0.15) is 118 Å². The van der Waals surface area contributed by atoms with Crippen molar-refractivity contribution < 1.29 is 37.1 Å². The average molecular weight is 1060 g/mol. The Morgan fingerprint density at radius 1 is 0.974 bits per heavy atom. The zero-order chi connectivity index (χ0) is 53.5. The van der Waals surface area contributed by atoms with Crippen molar-refractivity contribution in [2.24, 2.45) is 11.3 Å². The lowest BCUT2D eigenvalue weighted by Crippen LogP contribution is -2.61. The van der Waals surface area contributed by atoms with Crippen molar-refractivity contribution in [2.75, 3.05) is 50.1 Å². The van der Waals surface area contributed by atoms with E-state index in [-0.39, 0.29) is 45.6 Å². The molecule has 6 aromatic rings. The predicted molar refractivity (Wildman–Crippen MR) is 289 cm³/mol. The Morgan fingerprint density at radius 2 is 1.71 bits per heavy atom. The molecule has 1 spiro atoms. The van der Waals surface area contributed by atoms with Crippen molar-refractivity contribution in [1.82, 2.24) is 29.5 Å². The Balaban J connectivity index is 0.844. The number of hydrogen-bond acceptors (Lipinski definition) is 14. The number of piperazine rings is 1. The number of benzene rings is 3. The van der Waals surface area contributed by atoms with Gasteiger partial charge in [-0.05, 0) is 129 Å². The number of aliphatic hydroxyl groups is 1. The van der Waals surface area contributed by atoms with Crippen LogP contribution in [0.5, 0.6) is 17.2 Å². The third-order valence-electron chi connectivity index (χ3n) is 16.6. The molecule has 3 aromatic carbocycles. The number of carbonyl (C=O) groups is 1. The molecule has 5 heterocycles. The lowest BCUT2D eigenvalue weighted by Gasteiger charge is -2.59. The quantitative estimate of drug-likeness (QED) is 0.0526. The average Bonchev–Trinajstić information content (AvgIpc) is 3.85. The third kappa shape index (κ3) is 11.2. The summed E-state index contributed by atoms with van der Waals surface area (Å²) in [6, 6.07) is 25.6.